The maximum atomic E-state index is 11.5. The van der Waals surface area contributed by atoms with Crippen molar-refractivity contribution in [1.82, 2.24) is 14.6 Å². The van der Waals surface area contributed by atoms with E-state index in [1.54, 1.807) is 4.52 Å². The minimum absolute atomic E-state index is 0.320. The number of imidazole rings is 1. The van der Waals surface area contributed by atoms with E-state index in [0.717, 1.165) is 27.6 Å². The molecule has 2 aromatic heterocycles. The van der Waals surface area contributed by atoms with Crippen LogP contribution in [0.2, 0.25) is 0 Å². The number of rotatable bonds is 5. The molecule has 0 fully saturated rings. The molecule has 0 saturated carbocycles. The Bertz CT molecular complexity index is 803. The van der Waals surface area contributed by atoms with Crippen molar-refractivity contribution in [3.8, 4) is 17.0 Å². The van der Waals surface area contributed by atoms with Crippen LogP contribution in [0.15, 0.2) is 24.3 Å². The number of nitrogens with zero attached hydrogens (tertiary/aromatic N) is 3. The first-order valence-electron chi connectivity index (χ1n) is 7.22. The molecule has 3 aromatic rings. The zero-order chi connectivity index (χ0) is 15.7. The summed E-state index contributed by atoms with van der Waals surface area (Å²) in [6.07, 6.45) is 0.815. The molecule has 0 aliphatic carbocycles. The van der Waals surface area contributed by atoms with E-state index in [4.69, 9.17) is 4.74 Å². The van der Waals surface area contributed by atoms with Gasteiger partial charge in [0.25, 0.3) is 0 Å². The lowest BCUT2D eigenvalue weighted by Crippen LogP contribution is -1.96. The molecule has 0 radical (unpaired) electrons. The van der Waals surface area contributed by atoms with Crippen LogP contribution in [-0.4, -0.2) is 27.5 Å². The van der Waals surface area contributed by atoms with Crippen molar-refractivity contribution in [2.75, 3.05) is 6.61 Å². The van der Waals surface area contributed by atoms with Crippen LogP contribution in [0.5, 0.6) is 5.75 Å². The quantitative estimate of drug-likeness (QED) is 0.672. The van der Waals surface area contributed by atoms with Gasteiger partial charge in [0.15, 0.2) is 6.29 Å². The van der Waals surface area contributed by atoms with Gasteiger partial charge in [0.1, 0.15) is 22.1 Å². The largest absolute Gasteiger partial charge is 0.494 e. The molecule has 0 saturated heterocycles. The summed E-state index contributed by atoms with van der Waals surface area (Å²) in [6.45, 7) is 6.72. The smallest absolute Gasteiger partial charge is 0.213 e. The number of carbonyl (C=O) groups is 1. The van der Waals surface area contributed by atoms with Crippen molar-refractivity contribution in [3.05, 3.63) is 35.0 Å². The second kappa shape index (κ2) is 5.88. The van der Waals surface area contributed by atoms with Gasteiger partial charge >= 0.3 is 0 Å². The Hall–Kier alpha value is -2.21. The van der Waals surface area contributed by atoms with Gasteiger partial charge in [-0.1, -0.05) is 25.2 Å². The second-order valence-electron chi connectivity index (χ2n) is 5.21. The maximum Gasteiger partial charge on any atom is 0.213 e. The highest BCUT2D eigenvalue weighted by Crippen LogP contribution is 2.29. The molecular weight excluding hydrogens is 298 g/mol. The maximum absolute atomic E-state index is 11.5. The molecule has 0 spiro atoms. The van der Waals surface area contributed by atoms with E-state index in [9.17, 15) is 4.79 Å². The van der Waals surface area contributed by atoms with E-state index >= 15 is 0 Å². The van der Waals surface area contributed by atoms with Crippen LogP contribution < -0.4 is 4.74 Å². The fraction of sp³-hybridized carbons (Fsp3) is 0.312. The van der Waals surface area contributed by atoms with Crippen molar-refractivity contribution in [2.45, 2.75) is 26.7 Å². The Morgan fingerprint density at radius 1 is 1.32 bits per heavy atom. The second-order valence-corrected chi connectivity index (χ2v) is 6.20. The minimum atomic E-state index is 0.320. The monoisotopic (exact) mass is 315 g/mol. The number of aromatic nitrogens is 3. The van der Waals surface area contributed by atoms with Gasteiger partial charge < -0.3 is 4.74 Å². The van der Waals surface area contributed by atoms with Crippen molar-refractivity contribution >= 4 is 22.6 Å². The zero-order valence-corrected chi connectivity index (χ0v) is 13.6. The third-order valence-electron chi connectivity index (χ3n) is 3.30. The highest BCUT2D eigenvalue weighted by atomic mass is 32.1. The van der Waals surface area contributed by atoms with E-state index in [1.165, 1.54) is 11.3 Å². The average molecular weight is 315 g/mol. The molecular formula is C16H17N3O2S. The fourth-order valence-corrected chi connectivity index (χ4v) is 3.11. The van der Waals surface area contributed by atoms with Gasteiger partial charge in [-0.05, 0) is 31.2 Å². The molecule has 1 aromatic carbocycles. The van der Waals surface area contributed by atoms with Crippen LogP contribution in [0.25, 0.3) is 16.2 Å². The van der Waals surface area contributed by atoms with Crippen molar-refractivity contribution < 1.29 is 9.53 Å². The number of carbonyl (C=O) groups excluding carboxylic acids is 1. The van der Waals surface area contributed by atoms with E-state index in [2.05, 4.69) is 23.9 Å². The molecule has 0 unspecified atom stereocenters. The average Bonchev–Trinajstić information content (AvgIpc) is 3.05. The molecule has 6 heteroatoms. The van der Waals surface area contributed by atoms with Crippen LogP contribution in [0, 0.1) is 0 Å². The molecule has 0 N–H and O–H groups in total. The Morgan fingerprint density at radius 2 is 2.05 bits per heavy atom. The van der Waals surface area contributed by atoms with Crippen LogP contribution in [-0.2, 0) is 0 Å². The van der Waals surface area contributed by atoms with E-state index in [1.807, 2.05) is 31.2 Å². The summed E-state index contributed by atoms with van der Waals surface area (Å²) in [7, 11) is 0. The Balaban J connectivity index is 2.06. The number of hydrogen-bond acceptors (Lipinski definition) is 5. The summed E-state index contributed by atoms with van der Waals surface area (Å²) >= 11 is 1.52. The standard InChI is InChI=1S/C16H17N3O2S/c1-4-21-12-7-5-11(6-8-12)14-13(9-20)19-16(17-14)22-15(18-19)10(2)3/h5-10H,4H2,1-3H3. The Labute approximate surface area is 132 Å². The van der Waals surface area contributed by atoms with Crippen molar-refractivity contribution in [3.63, 3.8) is 0 Å². The van der Waals surface area contributed by atoms with Crippen molar-refractivity contribution in [2.24, 2.45) is 0 Å². The summed E-state index contributed by atoms with van der Waals surface area (Å²) < 4.78 is 7.07. The summed E-state index contributed by atoms with van der Waals surface area (Å²) in [6, 6.07) is 7.59. The molecule has 0 amide bonds. The number of fused-ring (bicyclic) bond motifs is 1. The van der Waals surface area contributed by atoms with Gasteiger partial charge in [-0.2, -0.15) is 9.61 Å². The molecule has 5 nitrogen and oxygen atoms in total. The van der Waals surface area contributed by atoms with Gasteiger partial charge in [0.2, 0.25) is 4.96 Å². The number of aldehydes is 1. The number of hydrogen-bond donors (Lipinski definition) is 0. The first kappa shape index (κ1) is 14.7. The van der Waals surface area contributed by atoms with E-state index < -0.39 is 0 Å². The first-order valence-corrected chi connectivity index (χ1v) is 8.03. The van der Waals surface area contributed by atoms with E-state index in [-0.39, 0.29) is 0 Å². The molecule has 22 heavy (non-hydrogen) atoms. The van der Waals surface area contributed by atoms with Gasteiger partial charge in [-0.25, -0.2) is 4.98 Å². The Morgan fingerprint density at radius 3 is 2.64 bits per heavy atom. The Kier molecular flexibility index (Phi) is 3.94. The molecule has 3 rings (SSSR count). The van der Waals surface area contributed by atoms with Gasteiger partial charge in [-0.3, -0.25) is 4.79 Å². The summed E-state index contributed by atoms with van der Waals surface area (Å²) in [5.41, 5.74) is 2.03. The highest BCUT2D eigenvalue weighted by molar-refractivity contribution is 7.16. The molecule has 2 heterocycles. The molecule has 0 atom stereocenters. The van der Waals surface area contributed by atoms with Gasteiger partial charge in [-0.15, -0.1) is 0 Å². The summed E-state index contributed by atoms with van der Waals surface area (Å²) in [4.78, 5) is 16.8. The molecule has 0 aliphatic heterocycles. The predicted molar refractivity (Wildman–Crippen MR) is 86.9 cm³/mol. The predicted octanol–water partition coefficient (Wildman–Crippen LogP) is 3.79. The lowest BCUT2D eigenvalue weighted by molar-refractivity contribution is 0.111. The molecule has 114 valence electrons. The number of benzene rings is 1. The normalized spacial score (nSPS) is 11.3. The van der Waals surface area contributed by atoms with Gasteiger partial charge in [0, 0.05) is 11.5 Å². The van der Waals surface area contributed by atoms with Crippen LogP contribution >= 0.6 is 11.3 Å². The summed E-state index contributed by atoms with van der Waals surface area (Å²) in [5, 5.41) is 5.47. The zero-order valence-electron chi connectivity index (χ0n) is 12.7. The highest BCUT2D eigenvalue weighted by Gasteiger charge is 2.18. The van der Waals surface area contributed by atoms with Crippen LogP contribution in [0.1, 0.15) is 42.2 Å². The lowest BCUT2D eigenvalue weighted by atomic mass is 10.1. The molecule has 0 bridgehead atoms. The van der Waals surface area contributed by atoms with Crippen LogP contribution in [0.3, 0.4) is 0 Å². The van der Waals surface area contributed by atoms with E-state index in [0.29, 0.717) is 23.9 Å². The van der Waals surface area contributed by atoms with Crippen LogP contribution in [0.4, 0.5) is 0 Å². The topological polar surface area (TPSA) is 56.5 Å². The number of ether oxygens (including phenoxy) is 1. The first-order chi connectivity index (χ1) is 10.6. The fourth-order valence-electron chi connectivity index (χ4n) is 2.21. The SMILES string of the molecule is CCOc1ccc(-c2nc3sc(C(C)C)nn3c2C=O)cc1. The minimum Gasteiger partial charge on any atom is -0.494 e. The third kappa shape index (κ3) is 2.50. The van der Waals surface area contributed by atoms with Crippen molar-refractivity contribution in [1.29, 1.82) is 0 Å². The lowest BCUT2D eigenvalue weighted by Gasteiger charge is -2.04. The summed E-state index contributed by atoms with van der Waals surface area (Å²) in [5.74, 6) is 1.13. The molecule has 0 aliphatic rings. The third-order valence-corrected chi connectivity index (χ3v) is 4.51. The van der Waals surface area contributed by atoms with Gasteiger partial charge in [0.05, 0.1) is 6.61 Å².